The van der Waals surface area contributed by atoms with Crippen LogP contribution in [-0.4, -0.2) is 161 Å². The van der Waals surface area contributed by atoms with E-state index >= 15 is 0 Å². The van der Waals surface area contributed by atoms with Gasteiger partial charge in [-0.15, -0.1) is 5.10 Å². The number of carbonyl (C=O) groups is 5. The second-order valence-electron chi connectivity index (χ2n) is 17.8. The van der Waals surface area contributed by atoms with Crippen LogP contribution < -0.4 is 27.2 Å². The molecule has 392 valence electrons. The average molecular weight is 981 g/mol. The summed E-state index contributed by atoms with van der Waals surface area (Å²) in [4.78, 5) is 62.6. The number of ether oxygens (including phenoxy) is 8. The molecule has 69 heavy (non-hydrogen) atoms. The molecule has 0 saturated carbocycles. The molecule has 0 fully saturated rings. The molecule has 2 atom stereocenters. The van der Waals surface area contributed by atoms with Crippen LogP contribution in [0, 0.1) is 17.3 Å². The average Bonchev–Trinajstić information content (AvgIpc) is 3.76. The Balaban J connectivity index is 1.56. The van der Waals surface area contributed by atoms with Gasteiger partial charge < -0.3 is 64.8 Å². The van der Waals surface area contributed by atoms with Crippen LogP contribution in [0.5, 0.6) is 0 Å². The number of nitrogens with zero attached hydrogens (tertiary/aromatic N) is 3. The fraction of sp³-hybridized carbons (Fsp3) is 0.723. The third kappa shape index (κ3) is 32.7. The van der Waals surface area contributed by atoms with Gasteiger partial charge in [-0.2, -0.15) is 5.48 Å². The number of aryl methyl sites for hydroxylation is 1. The molecule has 0 aliphatic carbocycles. The van der Waals surface area contributed by atoms with E-state index in [1.807, 2.05) is 13.8 Å². The van der Waals surface area contributed by atoms with E-state index in [1.54, 1.807) is 40.6 Å². The Morgan fingerprint density at radius 3 is 1.86 bits per heavy atom. The zero-order valence-corrected chi connectivity index (χ0v) is 41.5. The van der Waals surface area contributed by atoms with Crippen molar-refractivity contribution in [3.8, 4) is 0 Å². The fourth-order valence-electron chi connectivity index (χ4n) is 6.25. The van der Waals surface area contributed by atoms with Crippen LogP contribution >= 0.6 is 0 Å². The van der Waals surface area contributed by atoms with Crippen molar-refractivity contribution in [2.45, 2.75) is 98.8 Å². The SMILES string of the molecule is CC(C)C[C@H](NC(=O)CNO)C(=O)C[C@@H](CCCNC(N)=O)C(=O)Nc1ccc(COC(=O)CCc2cn(CCOCCOCCOCCOCCOCCOCCOCCC(C)(C)C)nn2)cc1. The zero-order chi connectivity index (χ0) is 50.5. The fourth-order valence-corrected chi connectivity index (χ4v) is 6.25. The predicted molar refractivity (Wildman–Crippen MR) is 254 cm³/mol. The number of aromatic nitrogens is 3. The summed E-state index contributed by atoms with van der Waals surface area (Å²) in [5, 5.41) is 25.1. The van der Waals surface area contributed by atoms with E-state index in [4.69, 9.17) is 48.8 Å². The van der Waals surface area contributed by atoms with Crippen molar-refractivity contribution < 1.29 is 67.1 Å². The minimum absolute atomic E-state index is 0.0191. The van der Waals surface area contributed by atoms with Crippen molar-refractivity contribution in [1.29, 1.82) is 0 Å². The van der Waals surface area contributed by atoms with Gasteiger partial charge in [-0.05, 0) is 54.7 Å². The van der Waals surface area contributed by atoms with Crippen molar-refractivity contribution in [2.75, 3.05) is 111 Å². The molecular formula is C47H80N8O14. The first-order valence-electron chi connectivity index (χ1n) is 23.9. The summed E-state index contributed by atoms with van der Waals surface area (Å²) in [6, 6.07) is 5.19. The van der Waals surface area contributed by atoms with Crippen LogP contribution in [0.1, 0.15) is 84.4 Å². The van der Waals surface area contributed by atoms with Gasteiger partial charge in [0.05, 0.1) is 117 Å². The molecule has 0 aliphatic heterocycles. The lowest BCUT2D eigenvalue weighted by atomic mass is 9.90. The van der Waals surface area contributed by atoms with E-state index in [2.05, 4.69) is 47.0 Å². The number of hydrogen-bond donors (Lipinski definition) is 6. The van der Waals surface area contributed by atoms with Gasteiger partial charge in [-0.3, -0.25) is 19.2 Å². The van der Waals surface area contributed by atoms with Crippen LogP contribution in [0.2, 0.25) is 0 Å². The highest BCUT2D eigenvalue weighted by Crippen LogP contribution is 2.20. The number of benzene rings is 1. The number of anilines is 1. The molecule has 0 spiro atoms. The lowest BCUT2D eigenvalue weighted by Crippen LogP contribution is -2.45. The summed E-state index contributed by atoms with van der Waals surface area (Å²) in [5.41, 5.74) is 9.02. The van der Waals surface area contributed by atoms with Crippen molar-refractivity contribution >= 4 is 35.3 Å². The normalized spacial score (nSPS) is 12.4. The minimum Gasteiger partial charge on any atom is -0.461 e. The molecule has 22 nitrogen and oxygen atoms in total. The zero-order valence-electron chi connectivity index (χ0n) is 41.5. The summed E-state index contributed by atoms with van der Waals surface area (Å²) < 4.78 is 45.9. The summed E-state index contributed by atoms with van der Waals surface area (Å²) >= 11 is 0. The number of Topliss-reactive ketones (excluding diaryl/α,β-unsaturated/α-hetero) is 1. The van der Waals surface area contributed by atoms with Crippen LogP contribution in [0.3, 0.4) is 0 Å². The Morgan fingerprint density at radius 1 is 0.783 bits per heavy atom. The van der Waals surface area contributed by atoms with E-state index in [1.165, 1.54) is 0 Å². The Morgan fingerprint density at radius 2 is 1.33 bits per heavy atom. The number of esters is 1. The van der Waals surface area contributed by atoms with Gasteiger partial charge in [0, 0.05) is 43.8 Å². The van der Waals surface area contributed by atoms with E-state index < -0.39 is 35.8 Å². The van der Waals surface area contributed by atoms with E-state index in [9.17, 15) is 24.0 Å². The third-order valence-corrected chi connectivity index (χ3v) is 10.0. The van der Waals surface area contributed by atoms with Gasteiger partial charge in [0.15, 0.2) is 5.78 Å². The lowest BCUT2D eigenvalue weighted by Gasteiger charge is -2.23. The molecule has 1 heterocycles. The van der Waals surface area contributed by atoms with Crippen molar-refractivity contribution in [3.05, 3.63) is 41.7 Å². The van der Waals surface area contributed by atoms with Crippen molar-refractivity contribution in [3.63, 3.8) is 0 Å². The summed E-state index contributed by atoms with van der Waals surface area (Å²) in [5.74, 6) is -2.44. The maximum Gasteiger partial charge on any atom is 0.312 e. The first-order chi connectivity index (χ1) is 33.1. The van der Waals surface area contributed by atoms with Crippen molar-refractivity contribution in [2.24, 2.45) is 23.0 Å². The minimum atomic E-state index is -0.853. The molecule has 2 aromatic rings. The highest BCUT2D eigenvalue weighted by Gasteiger charge is 2.28. The first-order valence-corrected chi connectivity index (χ1v) is 23.9. The number of hydrogen-bond acceptors (Lipinski definition) is 17. The lowest BCUT2D eigenvalue weighted by molar-refractivity contribution is -0.145. The van der Waals surface area contributed by atoms with E-state index in [0.717, 1.165) is 13.0 Å². The van der Waals surface area contributed by atoms with E-state index in [0.29, 0.717) is 129 Å². The Kier molecular flexibility index (Phi) is 32.6. The molecule has 2 rings (SSSR count). The monoisotopic (exact) mass is 981 g/mol. The number of nitrogens with one attached hydrogen (secondary N) is 4. The van der Waals surface area contributed by atoms with Crippen molar-refractivity contribution in [1.82, 2.24) is 31.1 Å². The molecule has 0 unspecified atom stereocenters. The van der Waals surface area contributed by atoms with Gasteiger partial charge in [0.1, 0.15) is 6.61 Å². The molecular weight excluding hydrogens is 901 g/mol. The molecule has 1 aromatic carbocycles. The second-order valence-corrected chi connectivity index (χ2v) is 17.8. The van der Waals surface area contributed by atoms with Crippen LogP contribution in [0.15, 0.2) is 30.5 Å². The Bertz CT molecular complexity index is 1710. The summed E-state index contributed by atoms with van der Waals surface area (Å²) in [6.45, 7) is 17.7. The molecule has 4 amide bonds. The van der Waals surface area contributed by atoms with Gasteiger partial charge in [0.2, 0.25) is 11.8 Å². The maximum atomic E-state index is 13.4. The number of nitrogens with two attached hydrogens (primary N) is 1. The number of hydroxylamine groups is 1. The molecule has 0 aliphatic rings. The van der Waals surface area contributed by atoms with Gasteiger partial charge >= 0.3 is 12.0 Å². The second kappa shape index (κ2) is 37.2. The highest BCUT2D eigenvalue weighted by molar-refractivity contribution is 5.97. The number of carbonyl (C=O) groups excluding carboxylic acids is 5. The molecule has 0 saturated heterocycles. The number of urea groups is 1. The molecule has 0 bridgehead atoms. The van der Waals surface area contributed by atoms with Crippen LogP contribution in [-0.2, 0) is 76.6 Å². The standard InChI is InChI=1S/C47H80N8O14/c1-36(2)31-41(52-43(57)33-50-61)42(56)32-38(7-6-15-49-46(48)60)45(59)51-39-10-8-37(9-11-39)35-69-44(58)13-12-40-34-55(54-53-40)16-18-63-20-22-65-24-26-67-28-30-68-29-27-66-25-23-64-21-19-62-17-14-47(3,4)5/h8-11,34,36,38,41,50,61H,6-7,12-33,35H2,1-5H3,(H,51,59)(H,52,57)(H3,48,49,60)/t38-,41+/m1/s1. The van der Waals surface area contributed by atoms with E-state index in [-0.39, 0.29) is 56.1 Å². The third-order valence-electron chi connectivity index (χ3n) is 10.0. The molecule has 7 N–H and O–H groups in total. The number of rotatable bonds is 42. The number of amides is 4. The smallest absolute Gasteiger partial charge is 0.312 e. The highest BCUT2D eigenvalue weighted by atomic mass is 16.6. The Labute approximate surface area is 407 Å². The van der Waals surface area contributed by atoms with Crippen LogP contribution in [0.25, 0.3) is 0 Å². The van der Waals surface area contributed by atoms with Crippen LogP contribution in [0.4, 0.5) is 10.5 Å². The predicted octanol–water partition coefficient (Wildman–Crippen LogP) is 2.98. The topological polar surface area (TPSA) is 284 Å². The van der Waals surface area contributed by atoms with Gasteiger partial charge in [-0.1, -0.05) is 52.0 Å². The first kappa shape index (κ1) is 60.5. The summed E-state index contributed by atoms with van der Waals surface area (Å²) in [6.07, 6.45) is 4.05. The van der Waals surface area contributed by atoms with Gasteiger partial charge in [-0.25, -0.2) is 9.48 Å². The summed E-state index contributed by atoms with van der Waals surface area (Å²) in [7, 11) is 0. The molecule has 0 radical (unpaired) electrons. The molecule has 22 heteroatoms. The number of ketones is 1. The largest absolute Gasteiger partial charge is 0.461 e. The maximum absolute atomic E-state index is 13.4. The quantitative estimate of drug-likeness (QED) is 0.0317. The number of primary amides is 1. The van der Waals surface area contributed by atoms with Gasteiger partial charge in [0.25, 0.3) is 0 Å². The Hall–Kier alpha value is -4.65. The molecule has 1 aromatic heterocycles.